The lowest BCUT2D eigenvalue weighted by atomic mass is 10.1. The second kappa shape index (κ2) is 10.6. The number of nitro groups is 1. The Labute approximate surface area is 220 Å². The van der Waals surface area contributed by atoms with Crippen molar-refractivity contribution < 1.29 is 31.9 Å². The molecule has 1 heterocycles. The molecule has 1 aliphatic rings. The van der Waals surface area contributed by atoms with Crippen molar-refractivity contribution in [2.45, 2.75) is 11.4 Å². The van der Waals surface area contributed by atoms with Crippen LogP contribution in [0.1, 0.15) is 11.1 Å². The number of methoxy groups -OCH3 is 1. The van der Waals surface area contributed by atoms with Crippen LogP contribution in [-0.2, 0) is 21.5 Å². The number of ether oxygens (including phenoxy) is 1. The zero-order valence-corrected chi connectivity index (χ0v) is 21.4. The van der Waals surface area contributed by atoms with Gasteiger partial charge in [0.05, 0.1) is 23.5 Å². The van der Waals surface area contributed by atoms with Crippen LogP contribution in [-0.4, -0.2) is 36.5 Å². The van der Waals surface area contributed by atoms with Crippen molar-refractivity contribution in [3.63, 3.8) is 0 Å². The van der Waals surface area contributed by atoms with Crippen LogP contribution in [0.4, 0.5) is 10.5 Å². The number of amides is 2. The lowest BCUT2D eigenvalue weighted by Gasteiger charge is -2.12. The van der Waals surface area contributed by atoms with Crippen molar-refractivity contribution in [2.24, 2.45) is 0 Å². The SMILES string of the molecule is COc1ccc(/C=C2\SC(=O)N(Cc3ccc([N+](=O)[O-])cc3)C2=O)cc1OS(=O)(=O)c1ccc(Cl)cc1. The molecule has 1 aliphatic heterocycles. The maximum absolute atomic E-state index is 12.9. The van der Waals surface area contributed by atoms with E-state index in [2.05, 4.69) is 0 Å². The Morgan fingerprint density at radius 1 is 1.03 bits per heavy atom. The molecule has 1 saturated heterocycles. The van der Waals surface area contributed by atoms with Gasteiger partial charge >= 0.3 is 10.1 Å². The highest BCUT2D eigenvalue weighted by atomic mass is 35.5. The van der Waals surface area contributed by atoms with Crippen molar-refractivity contribution in [3.05, 3.63) is 97.9 Å². The van der Waals surface area contributed by atoms with Gasteiger partial charge in [-0.2, -0.15) is 8.42 Å². The molecule has 0 saturated carbocycles. The van der Waals surface area contributed by atoms with Crippen molar-refractivity contribution in [3.8, 4) is 11.5 Å². The highest BCUT2D eigenvalue weighted by Crippen LogP contribution is 2.36. The van der Waals surface area contributed by atoms with Crippen LogP contribution in [0.3, 0.4) is 0 Å². The molecule has 0 spiro atoms. The summed E-state index contributed by atoms with van der Waals surface area (Å²) in [7, 11) is -2.87. The Bertz CT molecular complexity index is 1520. The van der Waals surface area contributed by atoms with Gasteiger partial charge in [0.25, 0.3) is 16.8 Å². The summed E-state index contributed by atoms with van der Waals surface area (Å²) in [6.45, 7) is -0.0592. The summed E-state index contributed by atoms with van der Waals surface area (Å²) >= 11 is 6.54. The lowest BCUT2D eigenvalue weighted by Crippen LogP contribution is -2.27. The first kappa shape index (κ1) is 26.2. The number of carbonyl (C=O) groups is 2. The molecule has 10 nitrogen and oxygen atoms in total. The average Bonchev–Trinajstić information content (AvgIpc) is 3.12. The minimum absolute atomic E-state index is 0.0592. The van der Waals surface area contributed by atoms with E-state index in [1.165, 1.54) is 73.8 Å². The Kier molecular flexibility index (Phi) is 7.52. The molecule has 0 radical (unpaired) electrons. The van der Waals surface area contributed by atoms with Gasteiger partial charge in [-0.15, -0.1) is 0 Å². The zero-order valence-electron chi connectivity index (χ0n) is 19.0. The molecule has 0 aromatic heterocycles. The summed E-state index contributed by atoms with van der Waals surface area (Å²) in [6.07, 6.45) is 1.43. The fourth-order valence-corrected chi connectivity index (χ4v) is 5.21. The zero-order chi connectivity index (χ0) is 26.7. The van der Waals surface area contributed by atoms with Crippen LogP contribution >= 0.6 is 23.4 Å². The highest BCUT2D eigenvalue weighted by Gasteiger charge is 2.35. The number of nitrogens with zero attached hydrogens (tertiary/aromatic N) is 2. The number of imide groups is 1. The fourth-order valence-electron chi connectivity index (χ4n) is 3.31. The van der Waals surface area contributed by atoms with Gasteiger partial charge in [-0.25, -0.2) is 0 Å². The van der Waals surface area contributed by atoms with Crippen molar-refractivity contribution in [2.75, 3.05) is 7.11 Å². The minimum atomic E-state index is -4.21. The van der Waals surface area contributed by atoms with Gasteiger partial charge in [0, 0.05) is 17.2 Å². The van der Waals surface area contributed by atoms with E-state index in [0.29, 0.717) is 16.1 Å². The summed E-state index contributed by atoms with van der Waals surface area (Å²) in [5.74, 6) is -0.530. The molecule has 0 unspecified atom stereocenters. The normalized spacial score (nSPS) is 14.8. The molecule has 13 heteroatoms. The average molecular weight is 561 g/mol. The number of hydrogen-bond acceptors (Lipinski definition) is 9. The summed E-state index contributed by atoms with van der Waals surface area (Å²) in [5.41, 5.74) is 0.832. The third-order valence-electron chi connectivity index (χ3n) is 5.15. The van der Waals surface area contributed by atoms with E-state index in [1.807, 2.05) is 0 Å². The van der Waals surface area contributed by atoms with E-state index in [1.54, 1.807) is 6.07 Å². The number of hydrogen-bond donors (Lipinski definition) is 0. The van der Waals surface area contributed by atoms with Crippen LogP contribution in [0.2, 0.25) is 5.02 Å². The van der Waals surface area contributed by atoms with E-state index in [9.17, 15) is 28.1 Å². The van der Waals surface area contributed by atoms with Crippen LogP contribution in [0.5, 0.6) is 11.5 Å². The molecule has 190 valence electrons. The Morgan fingerprint density at radius 2 is 1.70 bits per heavy atom. The van der Waals surface area contributed by atoms with E-state index in [0.717, 1.165) is 16.7 Å². The molecule has 0 bridgehead atoms. The predicted molar refractivity (Wildman–Crippen MR) is 137 cm³/mol. The Hall–Kier alpha value is -3.87. The van der Waals surface area contributed by atoms with Crippen LogP contribution in [0.15, 0.2) is 76.5 Å². The highest BCUT2D eigenvalue weighted by molar-refractivity contribution is 8.18. The smallest absolute Gasteiger partial charge is 0.339 e. The third kappa shape index (κ3) is 5.93. The molecule has 4 rings (SSSR count). The predicted octanol–water partition coefficient (Wildman–Crippen LogP) is 5.26. The summed E-state index contributed by atoms with van der Waals surface area (Å²) in [5, 5.41) is 10.7. The van der Waals surface area contributed by atoms with Crippen molar-refractivity contribution >= 4 is 56.4 Å². The molecule has 37 heavy (non-hydrogen) atoms. The first-order valence-electron chi connectivity index (χ1n) is 10.4. The topological polar surface area (TPSA) is 133 Å². The molecule has 3 aromatic carbocycles. The lowest BCUT2D eigenvalue weighted by molar-refractivity contribution is -0.384. The van der Waals surface area contributed by atoms with Crippen molar-refractivity contribution in [1.82, 2.24) is 4.90 Å². The van der Waals surface area contributed by atoms with E-state index >= 15 is 0 Å². The van der Waals surface area contributed by atoms with Gasteiger partial charge in [0.1, 0.15) is 4.90 Å². The quantitative estimate of drug-likeness (QED) is 0.156. The second-order valence-corrected chi connectivity index (χ2v) is 10.6. The Morgan fingerprint density at radius 3 is 2.32 bits per heavy atom. The van der Waals surface area contributed by atoms with Gasteiger partial charge in [-0.3, -0.25) is 24.6 Å². The third-order valence-corrected chi connectivity index (χ3v) is 7.56. The van der Waals surface area contributed by atoms with Gasteiger partial charge < -0.3 is 8.92 Å². The minimum Gasteiger partial charge on any atom is -0.493 e. The summed E-state index contributed by atoms with van der Waals surface area (Å²) in [4.78, 5) is 36.7. The number of thioether (sulfide) groups is 1. The van der Waals surface area contributed by atoms with Crippen LogP contribution < -0.4 is 8.92 Å². The molecule has 1 fully saturated rings. The first-order chi connectivity index (χ1) is 17.6. The van der Waals surface area contributed by atoms with Gasteiger partial charge in [0.15, 0.2) is 11.5 Å². The van der Waals surface area contributed by atoms with E-state index in [-0.39, 0.29) is 33.5 Å². The number of non-ortho nitro benzene ring substituents is 1. The van der Waals surface area contributed by atoms with Crippen LogP contribution in [0.25, 0.3) is 6.08 Å². The van der Waals surface area contributed by atoms with Gasteiger partial charge in [-0.05, 0) is 65.4 Å². The van der Waals surface area contributed by atoms with Crippen LogP contribution in [0, 0.1) is 10.1 Å². The van der Waals surface area contributed by atoms with E-state index < -0.39 is 26.2 Å². The fraction of sp³-hybridized carbons (Fsp3) is 0.0833. The first-order valence-corrected chi connectivity index (χ1v) is 13.0. The largest absolute Gasteiger partial charge is 0.493 e. The molecule has 3 aromatic rings. The van der Waals surface area contributed by atoms with Gasteiger partial charge in [0.2, 0.25) is 0 Å². The summed E-state index contributed by atoms with van der Waals surface area (Å²) in [6, 6.07) is 15.4. The maximum atomic E-state index is 12.9. The standard InChI is InChI=1S/C24H17ClN2O8S2/c1-34-20-11-4-16(12-21(20)35-37(32,33)19-9-5-17(25)6-10-19)13-22-23(28)26(24(29)36-22)14-15-2-7-18(8-3-15)27(30)31/h2-13H,14H2,1H3/b22-13-. The van der Waals surface area contributed by atoms with Gasteiger partial charge in [-0.1, -0.05) is 29.8 Å². The number of carbonyl (C=O) groups excluding carboxylic acids is 2. The Balaban J connectivity index is 1.56. The molecule has 0 atom stereocenters. The number of nitro benzene ring substituents is 1. The van der Waals surface area contributed by atoms with Crippen molar-refractivity contribution in [1.29, 1.82) is 0 Å². The molecular formula is C24H17ClN2O8S2. The molecular weight excluding hydrogens is 544 g/mol. The molecule has 2 amide bonds. The molecule has 0 aliphatic carbocycles. The number of rotatable bonds is 8. The monoisotopic (exact) mass is 560 g/mol. The molecule has 0 N–H and O–H groups in total. The van der Waals surface area contributed by atoms with E-state index in [4.69, 9.17) is 20.5 Å². The summed E-state index contributed by atoms with van der Waals surface area (Å²) < 4.78 is 35.9. The number of halogens is 1. The second-order valence-electron chi connectivity index (χ2n) is 7.59. The number of benzene rings is 3. The maximum Gasteiger partial charge on any atom is 0.339 e.